The first-order valence-corrected chi connectivity index (χ1v) is 10.9. The van der Waals surface area contributed by atoms with Gasteiger partial charge in [-0.1, -0.05) is 67.6 Å². The molecule has 35 heavy (non-hydrogen) atoms. The van der Waals surface area contributed by atoms with E-state index in [0.29, 0.717) is 28.4 Å². The standard InChI is InChI=1S/C27H19ClN2O4.CH4/c28-22-14-24-21(19(26(32)30-24)11-9-17-10-12-23(29-17)27(33)34)13-20(22)16-7-5-15(6-8-16)18-3-1-2-4-25(18)31;/h1-8,10-14,29,31H,9H2,(H,30,32)(H,33,34);1H4/b19-11-;. The Balaban J connectivity index is 0.00000289. The third kappa shape index (κ3) is 4.56. The molecule has 0 saturated heterocycles. The van der Waals surface area contributed by atoms with Crippen LogP contribution in [0.1, 0.15) is 29.2 Å². The molecular formula is C28H23ClN2O4. The van der Waals surface area contributed by atoms with Crippen LogP contribution in [0.5, 0.6) is 5.75 Å². The van der Waals surface area contributed by atoms with Crippen LogP contribution in [-0.4, -0.2) is 27.1 Å². The minimum Gasteiger partial charge on any atom is -0.507 e. The van der Waals surface area contributed by atoms with Crippen LogP contribution in [0.4, 0.5) is 5.69 Å². The first kappa shape index (κ1) is 23.9. The first-order valence-electron chi connectivity index (χ1n) is 10.6. The van der Waals surface area contributed by atoms with Crippen LogP contribution in [0.15, 0.2) is 78.9 Å². The number of para-hydroxylation sites is 1. The maximum atomic E-state index is 12.6. The van der Waals surface area contributed by atoms with Crippen molar-refractivity contribution in [2.24, 2.45) is 0 Å². The normalized spacial score (nSPS) is 13.3. The van der Waals surface area contributed by atoms with Gasteiger partial charge in [-0.25, -0.2) is 4.79 Å². The summed E-state index contributed by atoms with van der Waals surface area (Å²) < 4.78 is 0. The van der Waals surface area contributed by atoms with E-state index >= 15 is 0 Å². The van der Waals surface area contributed by atoms with Crippen molar-refractivity contribution in [3.8, 4) is 28.0 Å². The van der Waals surface area contributed by atoms with Gasteiger partial charge >= 0.3 is 5.97 Å². The predicted octanol–water partition coefficient (Wildman–Crippen LogP) is 6.62. The summed E-state index contributed by atoms with van der Waals surface area (Å²) in [5, 5.41) is 22.5. The molecular weight excluding hydrogens is 464 g/mol. The van der Waals surface area contributed by atoms with E-state index in [1.54, 1.807) is 30.3 Å². The molecule has 5 rings (SSSR count). The number of carboxylic acids is 1. The van der Waals surface area contributed by atoms with Gasteiger partial charge in [0.15, 0.2) is 0 Å². The van der Waals surface area contributed by atoms with Gasteiger partial charge in [-0.2, -0.15) is 0 Å². The summed E-state index contributed by atoms with van der Waals surface area (Å²) in [4.78, 5) is 26.5. The first-order chi connectivity index (χ1) is 16.4. The molecule has 0 spiro atoms. The Hall–Kier alpha value is -4.29. The number of benzene rings is 3. The van der Waals surface area contributed by atoms with Crippen molar-refractivity contribution in [2.45, 2.75) is 13.8 Å². The molecule has 0 saturated carbocycles. The number of hydrogen-bond acceptors (Lipinski definition) is 3. The van der Waals surface area contributed by atoms with E-state index in [0.717, 1.165) is 27.8 Å². The number of aromatic amines is 1. The zero-order valence-corrected chi connectivity index (χ0v) is 18.6. The van der Waals surface area contributed by atoms with Gasteiger partial charge in [0.05, 0.1) is 10.7 Å². The number of carbonyl (C=O) groups is 2. The number of allylic oxidation sites excluding steroid dienone is 1. The zero-order valence-electron chi connectivity index (χ0n) is 17.8. The number of phenolic OH excluding ortho intramolecular Hbond substituents is 1. The quantitative estimate of drug-likeness (QED) is 0.238. The Bertz CT molecular complexity index is 1470. The molecule has 2 heterocycles. The summed E-state index contributed by atoms with van der Waals surface area (Å²) in [6.45, 7) is 0. The second-order valence-electron chi connectivity index (χ2n) is 7.95. The number of H-pyrrole nitrogens is 1. The van der Waals surface area contributed by atoms with Gasteiger partial charge in [-0.05, 0) is 41.5 Å². The average Bonchev–Trinajstić information content (AvgIpc) is 3.41. The maximum Gasteiger partial charge on any atom is 0.352 e. The minimum atomic E-state index is -1.03. The SMILES string of the molecule is C.O=C1Nc2cc(Cl)c(-c3ccc(-c4ccccc4O)cc3)cc2/C1=C/Cc1ccc(C(=O)O)[nH]1. The molecule has 1 aromatic heterocycles. The monoisotopic (exact) mass is 486 g/mol. The van der Waals surface area contributed by atoms with E-state index in [-0.39, 0.29) is 24.8 Å². The zero-order chi connectivity index (χ0) is 23.8. The largest absolute Gasteiger partial charge is 0.507 e. The lowest BCUT2D eigenvalue weighted by molar-refractivity contribution is -0.110. The summed E-state index contributed by atoms with van der Waals surface area (Å²) in [6.07, 6.45) is 2.15. The number of anilines is 1. The molecule has 6 nitrogen and oxygen atoms in total. The minimum absolute atomic E-state index is 0. The van der Waals surface area contributed by atoms with Crippen LogP contribution in [0.3, 0.4) is 0 Å². The second kappa shape index (κ2) is 9.52. The number of hydrogen-bond donors (Lipinski definition) is 4. The highest BCUT2D eigenvalue weighted by Gasteiger charge is 2.26. The molecule has 0 atom stereocenters. The Morgan fingerprint density at radius 2 is 1.60 bits per heavy atom. The third-order valence-electron chi connectivity index (χ3n) is 5.80. The molecule has 4 N–H and O–H groups in total. The van der Waals surface area contributed by atoms with Gasteiger partial charge in [-0.3, -0.25) is 4.79 Å². The molecule has 0 bridgehead atoms. The second-order valence-corrected chi connectivity index (χ2v) is 8.36. The van der Waals surface area contributed by atoms with E-state index in [9.17, 15) is 14.7 Å². The molecule has 7 heteroatoms. The van der Waals surface area contributed by atoms with Gasteiger partial charge < -0.3 is 20.5 Å². The predicted molar refractivity (Wildman–Crippen MR) is 139 cm³/mol. The number of aromatic carboxylic acids is 1. The summed E-state index contributed by atoms with van der Waals surface area (Å²) in [5.74, 6) is -1.05. The molecule has 0 radical (unpaired) electrons. The molecule has 1 aliphatic heterocycles. The van der Waals surface area contributed by atoms with Gasteiger partial charge in [0.2, 0.25) is 0 Å². The number of aromatic nitrogens is 1. The number of amides is 1. The van der Waals surface area contributed by atoms with Gasteiger partial charge in [0, 0.05) is 34.4 Å². The smallest absolute Gasteiger partial charge is 0.352 e. The maximum absolute atomic E-state index is 12.6. The number of aromatic hydroxyl groups is 1. The van der Waals surface area contributed by atoms with Gasteiger partial charge in [-0.15, -0.1) is 0 Å². The van der Waals surface area contributed by atoms with Crippen LogP contribution < -0.4 is 5.32 Å². The summed E-state index contributed by atoms with van der Waals surface area (Å²) in [6, 6.07) is 21.6. The van der Waals surface area contributed by atoms with Crippen LogP contribution in [-0.2, 0) is 11.2 Å². The Morgan fingerprint density at radius 3 is 2.26 bits per heavy atom. The topological polar surface area (TPSA) is 102 Å². The lowest BCUT2D eigenvalue weighted by atomic mass is 9.96. The Kier molecular flexibility index (Phi) is 6.49. The van der Waals surface area contributed by atoms with Crippen molar-refractivity contribution in [1.29, 1.82) is 0 Å². The fourth-order valence-electron chi connectivity index (χ4n) is 4.08. The number of carbonyl (C=O) groups excluding carboxylic acids is 1. The average molecular weight is 487 g/mol. The Labute approximate surface area is 207 Å². The van der Waals surface area contributed by atoms with Crippen molar-refractivity contribution in [2.75, 3.05) is 5.32 Å². The molecule has 1 aliphatic rings. The fourth-order valence-corrected chi connectivity index (χ4v) is 4.35. The highest BCUT2D eigenvalue weighted by atomic mass is 35.5. The summed E-state index contributed by atoms with van der Waals surface area (Å²) in [7, 11) is 0. The van der Waals surface area contributed by atoms with Crippen LogP contribution in [0, 0.1) is 0 Å². The molecule has 0 aliphatic carbocycles. The number of phenols is 1. The number of rotatable bonds is 5. The van der Waals surface area contributed by atoms with E-state index in [2.05, 4.69) is 10.3 Å². The van der Waals surface area contributed by atoms with Crippen molar-refractivity contribution in [3.63, 3.8) is 0 Å². The van der Waals surface area contributed by atoms with E-state index in [1.165, 1.54) is 6.07 Å². The highest BCUT2D eigenvalue weighted by Crippen LogP contribution is 2.40. The van der Waals surface area contributed by atoms with Crippen LogP contribution in [0.25, 0.3) is 27.8 Å². The summed E-state index contributed by atoms with van der Waals surface area (Å²) >= 11 is 6.55. The van der Waals surface area contributed by atoms with Crippen molar-refractivity contribution in [3.05, 3.63) is 101 Å². The van der Waals surface area contributed by atoms with Crippen LogP contribution in [0.2, 0.25) is 5.02 Å². The molecule has 0 fully saturated rings. The number of nitrogens with one attached hydrogen (secondary N) is 2. The molecule has 3 aromatic carbocycles. The van der Waals surface area contributed by atoms with E-state index in [4.69, 9.17) is 16.7 Å². The number of fused-ring (bicyclic) bond motifs is 1. The lowest BCUT2D eigenvalue weighted by Gasteiger charge is -2.10. The lowest BCUT2D eigenvalue weighted by Crippen LogP contribution is -2.04. The molecule has 4 aromatic rings. The van der Waals surface area contributed by atoms with Crippen molar-refractivity contribution in [1.82, 2.24) is 4.98 Å². The highest BCUT2D eigenvalue weighted by molar-refractivity contribution is 6.36. The number of halogens is 1. The number of carboxylic acid groups (broad SMARTS) is 1. The van der Waals surface area contributed by atoms with Crippen molar-refractivity contribution >= 4 is 34.7 Å². The molecule has 176 valence electrons. The van der Waals surface area contributed by atoms with Gasteiger partial charge in [0.1, 0.15) is 11.4 Å². The van der Waals surface area contributed by atoms with E-state index in [1.807, 2.05) is 42.5 Å². The van der Waals surface area contributed by atoms with Crippen molar-refractivity contribution < 1.29 is 19.8 Å². The van der Waals surface area contributed by atoms with Crippen LogP contribution >= 0.6 is 11.6 Å². The molecule has 0 unspecified atom stereocenters. The fraction of sp³-hybridized carbons (Fsp3) is 0.0714. The van der Waals surface area contributed by atoms with Gasteiger partial charge in [0.25, 0.3) is 5.91 Å². The van der Waals surface area contributed by atoms with E-state index < -0.39 is 5.97 Å². The summed E-state index contributed by atoms with van der Waals surface area (Å²) in [5.41, 5.74) is 5.94. The third-order valence-corrected chi connectivity index (χ3v) is 6.12. The Morgan fingerprint density at radius 1 is 0.914 bits per heavy atom. The molecule has 1 amide bonds.